The average molecular weight is 365 g/mol. The number of benzene rings is 1. The van der Waals surface area contributed by atoms with Gasteiger partial charge in [0.15, 0.2) is 0 Å². The van der Waals surface area contributed by atoms with Crippen LogP contribution in [0.15, 0.2) is 53.7 Å². The lowest BCUT2D eigenvalue weighted by atomic mass is 10.1. The molecule has 134 valence electrons. The van der Waals surface area contributed by atoms with Crippen molar-refractivity contribution in [3.8, 4) is 0 Å². The first kappa shape index (κ1) is 17.9. The van der Waals surface area contributed by atoms with E-state index < -0.39 is 15.8 Å². The topological polar surface area (TPSA) is 71.5 Å². The van der Waals surface area contributed by atoms with Gasteiger partial charge in [-0.1, -0.05) is 6.07 Å². The number of sulfonamides is 1. The number of rotatable bonds is 6. The van der Waals surface area contributed by atoms with E-state index in [1.165, 1.54) is 12.1 Å². The van der Waals surface area contributed by atoms with Crippen LogP contribution in [0.5, 0.6) is 0 Å². The summed E-state index contributed by atoms with van der Waals surface area (Å²) >= 11 is 0. The molecule has 1 fully saturated rings. The van der Waals surface area contributed by atoms with Crippen LogP contribution in [0.1, 0.15) is 11.6 Å². The molecular formula is C17H20FN3O3S. The van der Waals surface area contributed by atoms with Crippen molar-refractivity contribution in [1.82, 2.24) is 14.6 Å². The van der Waals surface area contributed by atoms with Crippen LogP contribution >= 0.6 is 0 Å². The van der Waals surface area contributed by atoms with E-state index in [1.54, 1.807) is 12.4 Å². The Bertz CT molecular complexity index is 779. The third-order valence-electron chi connectivity index (χ3n) is 4.15. The Labute approximate surface area is 146 Å². The summed E-state index contributed by atoms with van der Waals surface area (Å²) in [7, 11) is -3.71. The molecule has 0 spiro atoms. The lowest BCUT2D eigenvalue weighted by molar-refractivity contribution is 0.0171. The fraction of sp³-hybridized carbons (Fsp3) is 0.353. The van der Waals surface area contributed by atoms with E-state index >= 15 is 0 Å². The third-order valence-corrected chi connectivity index (χ3v) is 5.59. The maximum Gasteiger partial charge on any atom is 0.240 e. The van der Waals surface area contributed by atoms with E-state index in [2.05, 4.69) is 14.6 Å². The largest absolute Gasteiger partial charge is 0.379 e. The first-order valence-corrected chi connectivity index (χ1v) is 9.51. The van der Waals surface area contributed by atoms with Crippen LogP contribution < -0.4 is 4.72 Å². The number of morpholine rings is 1. The summed E-state index contributed by atoms with van der Waals surface area (Å²) in [6.07, 6.45) is 3.43. The predicted octanol–water partition coefficient (Wildman–Crippen LogP) is 1.57. The van der Waals surface area contributed by atoms with Crippen LogP contribution in [0.3, 0.4) is 0 Å². The summed E-state index contributed by atoms with van der Waals surface area (Å²) in [6.45, 7) is 2.87. The maximum absolute atomic E-state index is 13.0. The lowest BCUT2D eigenvalue weighted by Gasteiger charge is -2.34. The summed E-state index contributed by atoms with van der Waals surface area (Å²) in [5.41, 5.74) is 0.936. The Balaban J connectivity index is 1.77. The minimum Gasteiger partial charge on any atom is -0.379 e. The molecule has 6 nitrogen and oxygen atoms in total. The van der Waals surface area contributed by atoms with Crippen LogP contribution in [0.25, 0.3) is 0 Å². The van der Waals surface area contributed by atoms with Crippen molar-refractivity contribution < 1.29 is 17.5 Å². The van der Waals surface area contributed by atoms with Crippen LogP contribution in [-0.2, 0) is 14.8 Å². The van der Waals surface area contributed by atoms with Crippen molar-refractivity contribution in [3.63, 3.8) is 0 Å². The molecule has 1 unspecified atom stereocenters. The number of nitrogens with zero attached hydrogens (tertiary/aromatic N) is 2. The Morgan fingerprint density at radius 3 is 2.56 bits per heavy atom. The van der Waals surface area contributed by atoms with Gasteiger partial charge in [-0.25, -0.2) is 17.5 Å². The molecule has 2 aromatic rings. The molecule has 1 saturated heterocycles. The highest BCUT2D eigenvalue weighted by molar-refractivity contribution is 7.89. The van der Waals surface area contributed by atoms with Crippen LogP contribution in [-0.4, -0.2) is 51.1 Å². The normalized spacial score (nSPS) is 17.3. The number of pyridine rings is 1. The summed E-state index contributed by atoms with van der Waals surface area (Å²) in [5.74, 6) is -0.472. The molecule has 2 heterocycles. The molecule has 0 aliphatic carbocycles. The lowest BCUT2D eigenvalue weighted by Crippen LogP contribution is -2.43. The molecule has 1 aliphatic heterocycles. The first-order chi connectivity index (χ1) is 12.1. The molecule has 0 saturated carbocycles. The van der Waals surface area contributed by atoms with Gasteiger partial charge in [-0.3, -0.25) is 9.88 Å². The zero-order valence-corrected chi connectivity index (χ0v) is 14.5. The fourth-order valence-electron chi connectivity index (χ4n) is 2.81. The van der Waals surface area contributed by atoms with Crippen LogP contribution in [0, 0.1) is 5.82 Å². The highest BCUT2D eigenvalue weighted by atomic mass is 32.2. The van der Waals surface area contributed by atoms with E-state index in [0.29, 0.717) is 13.2 Å². The molecule has 0 bridgehead atoms. The maximum atomic E-state index is 13.0. The van der Waals surface area contributed by atoms with Crippen LogP contribution in [0.4, 0.5) is 4.39 Å². The predicted molar refractivity (Wildman–Crippen MR) is 91.0 cm³/mol. The number of aromatic nitrogens is 1. The van der Waals surface area contributed by atoms with E-state index in [9.17, 15) is 12.8 Å². The van der Waals surface area contributed by atoms with Crippen molar-refractivity contribution in [2.45, 2.75) is 10.9 Å². The van der Waals surface area contributed by atoms with Crippen molar-refractivity contribution in [2.24, 2.45) is 0 Å². The molecule has 25 heavy (non-hydrogen) atoms. The molecule has 3 rings (SSSR count). The molecule has 0 radical (unpaired) electrons. The quantitative estimate of drug-likeness (QED) is 0.841. The van der Waals surface area contributed by atoms with Crippen LogP contribution in [0.2, 0.25) is 0 Å². The van der Waals surface area contributed by atoms with Gasteiger partial charge in [-0.15, -0.1) is 0 Å². The monoisotopic (exact) mass is 365 g/mol. The molecule has 1 aromatic heterocycles. The van der Waals surface area contributed by atoms with Crippen molar-refractivity contribution in [1.29, 1.82) is 0 Å². The van der Waals surface area contributed by atoms with Gasteiger partial charge in [0, 0.05) is 32.0 Å². The molecular weight excluding hydrogens is 345 g/mol. The summed E-state index contributed by atoms with van der Waals surface area (Å²) in [4.78, 5) is 6.35. The second-order valence-corrected chi connectivity index (χ2v) is 7.52. The summed E-state index contributed by atoms with van der Waals surface area (Å²) < 4.78 is 46.0. The van der Waals surface area contributed by atoms with Gasteiger partial charge in [0.2, 0.25) is 10.0 Å². The van der Waals surface area contributed by atoms with E-state index in [4.69, 9.17) is 4.74 Å². The zero-order valence-electron chi connectivity index (χ0n) is 13.6. The van der Waals surface area contributed by atoms with E-state index in [-0.39, 0.29) is 17.5 Å². The number of halogens is 1. The van der Waals surface area contributed by atoms with E-state index in [0.717, 1.165) is 30.8 Å². The van der Waals surface area contributed by atoms with Crippen molar-refractivity contribution in [2.75, 3.05) is 32.8 Å². The molecule has 8 heteroatoms. The molecule has 1 atom stereocenters. The van der Waals surface area contributed by atoms with Gasteiger partial charge in [-0.05, 0) is 35.9 Å². The van der Waals surface area contributed by atoms with Gasteiger partial charge in [0.25, 0.3) is 0 Å². The molecule has 1 aromatic carbocycles. The highest BCUT2D eigenvalue weighted by Gasteiger charge is 2.25. The SMILES string of the molecule is O=S(=O)(NCC(c1cccnc1)N1CCOCC1)c1ccc(F)cc1. The van der Waals surface area contributed by atoms with Gasteiger partial charge < -0.3 is 4.74 Å². The van der Waals surface area contributed by atoms with Gasteiger partial charge >= 0.3 is 0 Å². The number of hydrogen-bond acceptors (Lipinski definition) is 5. The molecule has 1 N–H and O–H groups in total. The number of nitrogens with one attached hydrogen (secondary N) is 1. The Kier molecular flexibility index (Phi) is 5.74. The van der Waals surface area contributed by atoms with Gasteiger partial charge in [0.1, 0.15) is 5.82 Å². The second kappa shape index (κ2) is 8.01. The minimum atomic E-state index is -3.71. The van der Waals surface area contributed by atoms with E-state index in [1.807, 2.05) is 12.1 Å². The Morgan fingerprint density at radius 2 is 1.92 bits per heavy atom. The Hall–Kier alpha value is -1.87. The number of ether oxygens (including phenoxy) is 1. The fourth-order valence-corrected chi connectivity index (χ4v) is 3.84. The third kappa shape index (κ3) is 4.60. The summed E-state index contributed by atoms with van der Waals surface area (Å²) in [6, 6.07) is 8.39. The van der Waals surface area contributed by atoms with Gasteiger partial charge in [-0.2, -0.15) is 0 Å². The highest BCUT2D eigenvalue weighted by Crippen LogP contribution is 2.21. The van der Waals surface area contributed by atoms with Crippen molar-refractivity contribution in [3.05, 3.63) is 60.2 Å². The van der Waals surface area contributed by atoms with Gasteiger partial charge in [0.05, 0.1) is 24.2 Å². The number of hydrogen-bond donors (Lipinski definition) is 1. The zero-order chi connectivity index (χ0) is 17.7. The minimum absolute atomic E-state index is 0.0424. The summed E-state index contributed by atoms with van der Waals surface area (Å²) in [5, 5.41) is 0. The molecule has 1 aliphatic rings. The second-order valence-electron chi connectivity index (χ2n) is 5.76. The average Bonchev–Trinajstić information content (AvgIpc) is 2.64. The Morgan fingerprint density at radius 1 is 1.20 bits per heavy atom. The first-order valence-electron chi connectivity index (χ1n) is 8.03. The standard InChI is InChI=1S/C17H20FN3O3S/c18-15-3-5-16(6-4-15)25(22,23)20-13-17(14-2-1-7-19-12-14)21-8-10-24-11-9-21/h1-7,12,17,20H,8-11,13H2. The van der Waals surface area contributed by atoms with Crippen molar-refractivity contribution >= 4 is 10.0 Å². The molecule has 0 amide bonds. The smallest absolute Gasteiger partial charge is 0.240 e.